The molecule has 2 aromatic rings. The van der Waals surface area contributed by atoms with Crippen molar-refractivity contribution < 1.29 is 23.5 Å². The van der Waals surface area contributed by atoms with Gasteiger partial charge < -0.3 is 13.9 Å². The minimum Gasteiger partial charge on any atom is -0.460 e. The number of hydrogen-bond donors (Lipinski definition) is 0. The smallest absolute Gasteiger partial charge is 0.347 e. The predicted molar refractivity (Wildman–Crippen MR) is 61.6 cm³/mol. The maximum Gasteiger partial charge on any atom is 0.347 e. The molecule has 0 saturated heterocycles. The van der Waals surface area contributed by atoms with Crippen LogP contribution in [0.25, 0.3) is 11.2 Å². The predicted octanol–water partition coefficient (Wildman–Crippen LogP) is 2.49. The summed E-state index contributed by atoms with van der Waals surface area (Å²) in [5.74, 6) is -0.321. The van der Waals surface area contributed by atoms with E-state index in [-0.39, 0.29) is 12.6 Å². The van der Waals surface area contributed by atoms with Crippen molar-refractivity contribution in [2.75, 3.05) is 0 Å². The van der Waals surface area contributed by atoms with Crippen LogP contribution in [0, 0.1) is 5.41 Å². The molecule has 0 atom stereocenters. The molecule has 3 rings (SSSR count). The summed E-state index contributed by atoms with van der Waals surface area (Å²) < 4.78 is 15.7. The Hall–Kier alpha value is -2.04. The van der Waals surface area contributed by atoms with Gasteiger partial charge in [0.25, 0.3) is 0 Å². The van der Waals surface area contributed by atoms with Crippen LogP contribution < -0.4 is 4.74 Å². The topological polar surface area (TPSA) is 65.7 Å². The quantitative estimate of drug-likeness (QED) is 0.764. The maximum absolute atomic E-state index is 11.7. The van der Waals surface area contributed by atoms with Crippen LogP contribution in [0.4, 0.5) is 0 Å². The van der Waals surface area contributed by atoms with E-state index < -0.39 is 11.4 Å². The van der Waals surface area contributed by atoms with E-state index in [0.717, 1.165) is 0 Å². The molecule has 0 radical (unpaired) electrons. The number of carbonyl (C=O) groups excluding carboxylic acids is 2. The molecule has 3 heterocycles. The number of benzene rings is 1. The monoisotopic (exact) mass is 248 g/mol. The second kappa shape index (κ2) is 3.25. The highest BCUT2D eigenvalue weighted by Gasteiger charge is 2.35. The number of fused-ring (bicyclic) bond motifs is 1. The van der Waals surface area contributed by atoms with Crippen molar-refractivity contribution >= 4 is 23.1 Å². The molecule has 0 aromatic carbocycles. The van der Waals surface area contributed by atoms with E-state index in [1.54, 1.807) is 26.8 Å². The lowest BCUT2D eigenvalue weighted by Gasteiger charge is -2.16. The fourth-order valence-electron chi connectivity index (χ4n) is 1.86. The lowest BCUT2D eigenvalue weighted by atomic mass is 9.97. The van der Waals surface area contributed by atoms with Crippen LogP contribution in [0.2, 0.25) is 0 Å². The maximum atomic E-state index is 11.7. The Kier molecular flexibility index (Phi) is 2.00. The van der Waals surface area contributed by atoms with Gasteiger partial charge in [0.05, 0.1) is 11.0 Å². The standard InChI is InChI=1S/C13H12O5/c1-13(2,3)12(15)16-5-7-8-4-6-9(17-8)10(7)18-11(6)14/h4H,5H2,1-3H3. The van der Waals surface area contributed by atoms with Crippen molar-refractivity contribution in [1.82, 2.24) is 0 Å². The minimum absolute atomic E-state index is 0.0569. The molecule has 0 spiro atoms. The summed E-state index contributed by atoms with van der Waals surface area (Å²) in [4.78, 5) is 23.1. The average Bonchev–Trinajstić information content (AvgIpc) is 2.86. The molecule has 0 saturated carbocycles. The first kappa shape index (κ1) is 11.1. The highest BCUT2D eigenvalue weighted by Crippen LogP contribution is 2.44. The minimum atomic E-state index is -0.561. The molecule has 94 valence electrons. The summed E-state index contributed by atoms with van der Waals surface area (Å²) in [7, 11) is 0. The van der Waals surface area contributed by atoms with Crippen LogP contribution in [0.15, 0.2) is 10.5 Å². The van der Waals surface area contributed by atoms with Crippen molar-refractivity contribution in [3.8, 4) is 5.75 Å². The van der Waals surface area contributed by atoms with Crippen LogP contribution in [-0.4, -0.2) is 11.9 Å². The van der Waals surface area contributed by atoms with Gasteiger partial charge in [0.15, 0.2) is 11.3 Å². The summed E-state index contributed by atoms with van der Waals surface area (Å²) >= 11 is 0. The Morgan fingerprint density at radius 3 is 2.78 bits per heavy atom. The lowest BCUT2D eigenvalue weighted by Crippen LogP contribution is -2.22. The molecule has 0 unspecified atom stereocenters. The fraction of sp³-hybridized carbons (Fsp3) is 0.385. The van der Waals surface area contributed by atoms with E-state index in [0.29, 0.717) is 28.0 Å². The van der Waals surface area contributed by atoms with Crippen molar-refractivity contribution in [1.29, 1.82) is 0 Å². The van der Waals surface area contributed by atoms with Crippen molar-refractivity contribution in [3.05, 3.63) is 17.2 Å². The summed E-state index contributed by atoms with van der Waals surface area (Å²) in [6.45, 7) is 5.39. The highest BCUT2D eigenvalue weighted by atomic mass is 16.6. The van der Waals surface area contributed by atoms with Crippen molar-refractivity contribution in [2.24, 2.45) is 5.41 Å². The van der Waals surface area contributed by atoms with Gasteiger partial charge in [-0.15, -0.1) is 0 Å². The first-order chi connectivity index (χ1) is 8.38. The molecule has 5 heteroatoms. The number of rotatable bonds is 2. The van der Waals surface area contributed by atoms with Crippen LogP contribution >= 0.6 is 0 Å². The third kappa shape index (κ3) is 1.40. The number of esters is 2. The zero-order valence-corrected chi connectivity index (χ0v) is 10.3. The van der Waals surface area contributed by atoms with Gasteiger partial charge in [-0.25, -0.2) is 4.79 Å². The van der Waals surface area contributed by atoms with Gasteiger partial charge in [0.2, 0.25) is 0 Å². The molecule has 0 aliphatic carbocycles. The summed E-state index contributed by atoms with van der Waals surface area (Å²) in [6.07, 6.45) is 0. The van der Waals surface area contributed by atoms with Gasteiger partial charge in [0, 0.05) is 0 Å². The highest BCUT2D eigenvalue weighted by molar-refractivity contribution is 6.09. The summed E-state index contributed by atoms with van der Waals surface area (Å²) in [5, 5.41) is 0. The van der Waals surface area contributed by atoms with E-state index in [4.69, 9.17) is 13.9 Å². The van der Waals surface area contributed by atoms with E-state index >= 15 is 0 Å². The molecule has 0 N–H and O–H groups in total. The van der Waals surface area contributed by atoms with Gasteiger partial charge in [-0.05, 0) is 26.8 Å². The van der Waals surface area contributed by atoms with Crippen molar-refractivity contribution in [2.45, 2.75) is 27.4 Å². The Labute approximate surface area is 103 Å². The molecule has 1 aliphatic heterocycles. The van der Waals surface area contributed by atoms with E-state index in [1.165, 1.54) is 0 Å². The van der Waals surface area contributed by atoms with E-state index in [1.807, 2.05) is 0 Å². The van der Waals surface area contributed by atoms with Crippen LogP contribution in [0.1, 0.15) is 36.7 Å². The molecular formula is C13H12O5. The lowest BCUT2D eigenvalue weighted by molar-refractivity contribution is -0.154. The second-order valence-corrected chi connectivity index (χ2v) is 5.38. The fourth-order valence-corrected chi connectivity index (χ4v) is 1.86. The van der Waals surface area contributed by atoms with Crippen LogP contribution in [0.3, 0.4) is 0 Å². The summed E-state index contributed by atoms with van der Waals surface area (Å²) in [5.41, 5.74) is 1.51. The number of carbonyl (C=O) groups is 2. The van der Waals surface area contributed by atoms with Gasteiger partial charge in [-0.3, -0.25) is 4.79 Å². The normalized spacial score (nSPS) is 14.3. The molecule has 5 nitrogen and oxygen atoms in total. The second-order valence-electron chi connectivity index (χ2n) is 5.38. The van der Waals surface area contributed by atoms with Gasteiger partial charge in [-0.1, -0.05) is 0 Å². The van der Waals surface area contributed by atoms with Crippen molar-refractivity contribution in [3.63, 3.8) is 0 Å². The summed E-state index contributed by atoms with van der Waals surface area (Å²) in [6, 6.07) is 1.62. The zero-order chi connectivity index (χ0) is 13.1. The van der Waals surface area contributed by atoms with Gasteiger partial charge in [0.1, 0.15) is 17.8 Å². The molecule has 2 bridgehead atoms. The molecule has 1 aliphatic rings. The molecule has 0 amide bonds. The number of furan rings is 2. The Morgan fingerprint density at radius 1 is 1.39 bits per heavy atom. The van der Waals surface area contributed by atoms with Crippen LogP contribution in [0.5, 0.6) is 5.75 Å². The third-order valence-corrected chi connectivity index (χ3v) is 2.88. The molecule has 0 fully saturated rings. The molecule has 2 aromatic heterocycles. The Bertz CT molecular complexity index is 644. The third-order valence-electron chi connectivity index (χ3n) is 2.88. The number of hydrogen-bond acceptors (Lipinski definition) is 5. The Balaban J connectivity index is 1.83. The first-order valence-corrected chi connectivity index (χ1v) is 5.65. The Morgan fingerprint density at radius 2 is 2.11 bits per heavy atom. The largest absolute Gasteiger partial charge is 0.460 e. The van der Waals surface area contributed by atoms with E-state index in [9.17, 15) is 9.59 Å². The van der Waals surface area contributed by atoms with E-state index in [2.05, 4.69) is 0 Å². The molecule has 18 heavy (non-hydrogen) atoms. The molecular weight excluding hydrogens is 236 g/mol. The SMILES string of the molecule is CC(C)(C)C(=O)OCc1c2c3oc1cc3C(=O)O2. The average molecular weight is 248 g/mol. The van der Waals surface area contributed by atoms with Crippen LogP contribution in [-0.2, 0) is 16.1 Å². The zero-order valence-electron chi connectivity index (χ0n) is 10.3. The van der Waals surface area contributed by atoms with Gasteiger partial charge in [-0.2, -0.15) is 0 Å². The van der Waals surface area contributed by atoms with Gasteiger partial charge >= 0.3 is 11.9 Å². The first-order valence-electron chi connectivity index (χ1n) is 5.65. The number of ether oxygens (including phenoxy) is 2.